The third-order valence-corrected chi connectivity index (χ3v) is 3.24. The highest BCUT2D eigenvalue weighted by molar-refractivity contribution is 5.92. The zero-order valence-corrected chi connectivity index (χ0v) is 12.2. The fraction of sp³-hybridized carbons (Fsp3) is 0.333. The van der Waals surface area contributed by atoms with Gasteiger partial charge in [-0.15, -0.1) is 0 Å². The van der Waals surface area contributed by atoms with Gasteiger partial charge in [-0.2, -0.15) is 8.78 Å². The molecule has 2 amide bonds. The summed E-state index contributed by atoms with van der Waals surface area (Å²) in [6.07, 6.45) is 1.78. The summed E-state index contributed by atoms with van der Waals surface area (Å²) in [6.45, 7) is -2.36. The van der Waals surface area contributed by atoms with Gasteiger partial charge >= 0.3 is 6.61 Å². The summed E-state index contributed by atoms with van der Waals surface area (Å²) in [5, 5.41) is 0. The van der Waals surface area contributed by atoms with Gasteiger partial charge in [0.1, 0.15) is 5.75 Å². The topological polar surface area (TPSA) is 81.9 Å². The number of alkyl halides is 2. The molecule has 2 rings (SSSR count). The molecular weight excluding hydrogens is 310 g/mol. The van der Waals surface area contributed by atoms with Gasteiger partial charge in [0.05, 0.1) is 13.2 Å². The summed E-state index contributed by atoms with van der Waals surface area (Å²) >= 11 is 0. The van der Waals surface area contributed by atoms with Crippen LogP contribution < -0.4 is 10.5 Å². The van der Waals surface area contributed by atoms with Crippen LogP contribution in [0, 0.1) is 0 Å². The molecule has 0 radical (unpaired) electrons. The zero-order valence-electron chi connectivity index (χ0n) is 12.2. The summed E-state index contributed by atoms with van der Waals surface area (Å²) in [5.74, 6) is -1.03. The summed E-state index contributed by atoms with van der Waals surface area (Å²) in [7, 11) is 0. The number of carbonyl (C=O) groups excluding carboxylic acids is 2. The minimum atomic E-state index is -2.95. The standard InChI is InChI=1S/C15H16F2N2O4/c16-15(17)23-11-4-2-1-3-10(11)5-6-13(20)19-7-8-22-12(9-19)14(18)21/h1-6,12,15H,7-9H2,(H2,18,21)/b6-5+. The molecule has 6 nitrogen and oxygen atoms in total. The van der Waals surface area contributed by atoms with Gasteiger partial charge in [-0.25, -0.2) is 0 Å². The molecule has 1 saturated heterocycles. The van der Waals surface area contributed by atoms with Crippen LogP contribution in [-0.4, -0.2) is 49.1 Å². The molecule has 124 valence electrons. The van der Waals surface area contributed by atoms with Crippen LogP contribution in [0.4, 0.5) is 8.78 Å². The Labute approximate surface area is 131 Å². The second-order valence-electron chi connectivity index (χ2n) is 4.80. The van der Waals surface area contributed by atoms with Crippen molar-refractivity contribution >= 4 is 17.9 Å². The van der Waals surface area contributed by atoms with E-state index in [1.54, 1.807) is 18.2 Å². The fourth-order valence-corrected chi connectivity index (χ4v) is 2.11. The number of carbonyl (C=O) groups is 2. The number of nitrogens with two attached hydrogens (primary N) is 1. The second-order valence-corrected chi connectivity index (χ2v) is 4.80. The van der Waals surface area contributed by atoms with Gasteiger partial charge < -0.3 is 20.1 Å². The van der Waals surface area contributed by atoms with Crippen molar-refractivity contribution in [1.29, 1.82) is 0 Å². The predicted molar refractivity (Wildman–Crippen MR) is 77.6 cm³/mol. The van der Waals surface area contributed by atoms with Crippen molar-refractivity contribution in [2.24, 2.45) is 5.73 Å². The maximum absolute atomic E-state index is 12.3. The Morgan fingerprint density at radius 2 is 2.13 bits per heavy atom. The van der Waals surface area contributed by atoms with Crippen molar-refractivity contribution in [3.05, 3.63) is 35.9 Å². The molecule has 1 atom stereocenters. The van der Waals surface area contributed by atoms with Gasteiger partial charge in [0, 0.05) is 18.2 Å². The van der Waals surface area contributed by atoms with Gasteiger partial charge in [-0.1, -0.05) is 18.2 Å². The second kappa shape index (κ2) is 7.68. The Bertz CT molecular complexity index is 607. The van der Waals surface area contributed by atoms with Crippen LogP contribution in [0.5, 0.6) is 5.75 Å². The number of nitrogens with zero attached hydrogens (tertiary/aromatic N) is 1. The maximum atomic E-state index is 12.3. The van der Waals surface area contributed by atoms with Crippen molar-refractivity contribution in [3.63, 3.8) is 0 Å². The number of ether oxygens (including phenoxy) is 2. The molecule has 1 aromatic rings. The molecule has 0 aromatic heterocycles. The predicted octanol–water partition coefficient (Wildman–Crippen LogP) is 1.01. The van der Waals surface area contributed by atoms with Crippen LogP contribution in [0.1, 0.15) is 5.56 Å². The Kier molecular flexibility index (Phi) is 5.64. The van der Waals surface area contributed by atoms with E-state index in [0.717, 1.165) is 0 Å². The first-order valence-electron chi connectivity index (χ1n) is 6.89. The van der Waals surface area contributed by atoms with Crippen LogP contribution in [0.15, 0.2) is 30.3 Å². The third kappa shape index (κ3) is 4.75. The average Bonchev–Trinajstić information content (AvgIpc) is 2.53. The number of benzene rings is 1. The first kappa shape index (κ1) is 16.9. The molecule has 8 heteroatoms. The molecule has 1 aromatic carbocycles. The Morgan fingerprint density at radius 3 is 2.83 bits per heavy atom. The number of amides is 2. The van der Waals surface area contributed by atoms with Gasteiger partial charge in [-0.05, 0) is 12.1 Å². The molecule has 1 aliphatic rings. The lowest BCUT2D eigenvalue weighted by molar-refractivity contribution is -0.142. The minimum absolute atomic E-state index is 0.0245. The molecule has 0 spiro atoms. The zero-order chi connectivity index (χ0) is 16.8. The van der Waals surface area contributed by atoms with E-state index in [-0.39, 0.29) is 24.8 Å². The van der Waals surface area contributed by atoms with E-state index in [2.05, 4.69) is 4.74 Å². The third-order valence-electron chi connectivity index (χ3n) is 3.24. The lowest BCUT2D eigenvalue weighted by Gasteiger charge is -2.30. The number of hydrogen-bond donors (Lipinski definition) is 1. The van der Waals surface area contributed by atoms with Crippen molar-refractivity contribution in [2.75, 3.05) is 19.7 Å². The maximum Gasteiger partial charge on any atom is 0.387 e. The SMILES string of the molecule is NC(=O)C1CN(C(=O)/C=C/c2ccccc2OC(F)F)CCO1. The lowest BCUT2D eigenvalue weighted by Crippen LogP contribution is -2.50. The van der Waals surface area contributed by atoms with E-state index in [1.165, 1.54) is 23.1 Å². The van der Waals surface area contributed by atoms with Crippen molar-refractivity contribution in [2.45, 2.75) is 12.7 Å². The molecule has 1 heterocycles. The van der Waals surface area contributed by atoms with Crippen molar-refractivity contribution in [1.82, 2.24) is 4.90 Å². The summed E-state index contributed by atoms with van der Waals surface area (Å²) in [4.78, 5) is 24.6. The van der Waals surface area contributed by atoms with Crippen LogP contribution in [0.3, 0.4) is 0 Å². The van der Waals surface area contributed by atoms with E-state index in [9.17, 15) is 18.4 Å². The summed E-state index contributed by atoms with van der Waals surface area (Å²) in [6, 6.07) is 6.12. The lowest BCUT2D eigenvalue weighted by atomic mass is 10.2. The van der Waals surface area contributed by atoms with Crippen LogP contribution in [0.25, 0.3) is 6.08 Å². The van der Waals surface area contributed by atoms with Crippen molar-refractivity contribution in [3.8, 4) is 5.75 Å². The van der Waals surface area contributed by atoms with Gasteiger partial charge in [0.25, 0.3) is 0 Å². The van der Waals surface area contributed by atoms with E-state index in [1.807, 2.05) is 0 Å². The normalized spacial score (nSPS) is 18.4. The van der Waals surface area contributed by atoms with E-state index < -0.39 is 18.6 Å². The van der Waals surface area contributed by atoms with Gasteiger partial charge in [-0.3, -0.25) is 9.59 Å². The van der Waals surface area contributed by atoms with Crippen molar-refractivity contribution < 1.29 is 27.8 Å². The van der Waals surface area contributed by atoms with E-state index in [0.29, 0.717) is 12.1 Å². The average molecular weight is 326 g/mol. The number of morpholine rings is 1. The highest BCUT2D eigenvalue weighted by Gasteiger charge is 2.26. The Hall–Kier alpha value is -2.48. The van der Waals surface area contributed by atoms with E-state index in [4.69, 9.17) is 10.5 Å². The van der Waals surface area contributed by atoms with Gasteiger partial charge in [0.15, 0.2) is 6.10 Å². The highest BCUT2D eigenvalue weighted by Crippen LogP contribution is 2.21. The van der Waals surface area contributed by atoms with Crippen LogP contribution >= 0.6 is 0 Å². The smallest absolute Gasteiger partial charge is 0.387 e. The largest absolute Gasteiger partial charge is 0.434 e. The molecule has 1 unspecified atom stereocenters. The quantitative estimate of drug-likeness (QED) is 0.819. The summed E-state index contributed by atoms with van der Waals surface area (Å²) < 4.78 is 34.2. The van der Waals surface area contributed by atoms with Crippen LogP contribution in [-0.2, 0) is 14.3 Å². The summed E-state index contributed by atoms with van der Waals surface area (Å²) in [5.41, 5.74) is 5.50. The molecular formula is C15H16F2N2O4. The van der Waals surface area contributed by atoms with Crippen LogP contribution in [0.2, 0.25) is 0 Å². The molecule has 0 bridgehead atoms. The number of halogens is 2. The fourth-order valence-electron chi connectivity index (χ4n) is 2.11. The number of primary amides is 1. The number of para-hydroxylation sites is 1. The van der Waals surface area contributed by atoms with E-state index >= 15 is 0 Å². The molecule has 23 heavy (non-hydrogen) atoms. The molecule has 1 fully saturated rings. The first-order chi connectivity index (χ1) is 11.0. The number of rotatable bonds is 5. The minimum Gasteiger partial charge on any atom is -0.434 e. The van der Waals surface area contributed by atoms with Gasteiger partial charge in [0.2, 0.25) is 11.8 Å². The first-order valence-corrected chi connectivity index (χ1v) is 6.89. The molecule has 0 aliphatic carbocycles. The molecule has 1 aliphatic heterocycles. The molecule has 0 saturated carbocycles. The molecule has 2 N–H and O–H groups in total. The Balaban J connectivity index is 2.05. The highest BCUT2D eigenvalue weighted by atomic mass is 19.3. The Morgan fingerprint density at radius 1 is 1.39 bits per heavy atom. The monoisotopic (exact) mass is 326 g/mol. The number of hydrogen-bond acceptors (Lipinski definition) is 4.